The maximum absolute atomic E-state index is 6.89. The molecule has 0 fully saturated rings. The molecule has 466 valence electrons. The van der Waals surface area contributed by atoms with Gasteiger partial charge in [0, 0.05) is 61.3 Å². The van der Waals surface area contributed by atoms with Gasteiger partial charge in [-0.05, 0) is 207 Å². The third-order valence-corrected chi connectivity index (χ3v) is 20.6. The predicted octanol–water partition coefficient (Wildman–Crippen LogP) is 27.7. The SMILES string of the molecule is c1ccc(-c2cccc(N(c3ccc(-c4cc5cc(-c6ccc7c(c6)c(-c6cccc(N(c8ccc9c(c8)oc8c%10ccccc%10ccc98)c8ccccc8-c8ccccc8)c6)cc6ccccc67)ccc5c5ccccc45)cc3)c3cccc4oc5c6ccccc6ccc5c34)c2)cc1. The second-order valence-corrected chi connectivity index (χ2v) is 26.2. The smallest absolute Gasteiger partial charge is 0.143 e. The van der Waals surface area contributed by atoms with Crippen LogP contribution in [-0.2, 0) is 0 Å². The van der Waals surface area contributed by atoms with Gasteiger partial charge >= 0.3 is 0 Å². The highest BCUT2D eigenvalue weighted by molar-refractivity contribution is 6.21. The number of furan rings is 2. The Morgan fingerprint density at radius 2 is 0.640 bits per heavy atom. The number of hydrogen-bond donors (Lipinski definition) is 0. The van der Waals surface area contributed by atoms with Crippen molar-refractivity contribution in [1.29, 1.82) is 0 Å². The van der Waals surface area contributed by atoms with E-state index in [9.17, 15) is 0 Å². The maximum atomic E-state index is 6.89. The lowest BCUT2D eigenvalue weighted by atomic mass is 9.89. The van der Waals surface area contributed by atoms with Crippen molar-refractivity contribution in [3.05, 3.63) is 364 Å². The average Bonchev–Trinajstić information content (AvgIpc) is 1.30. The lowest BCUT2D eigenvalue weighted by Gasteiger charge is -2.28. The Morgan fingerprint density at radius 1 is 0.180 bits per heavy atom. The molecule has 0 spiro atoms. The normalized spacial score (nSPS) is 11.8. The predicted molar refractivity (Wildman–Crippen MR) is 423 cm³/mol. The highest BCUT2D eigenvalue weighted by Crippen LogP contribution is 2.49. The van der Waals surface area contributed by atoms with Crippen LogP contribution in [0.1, 0.15) is 0 Å². The standard InChI is InChI=1S/C96H60N2O2/c1-3-20-61(21-4-1)66-27-17-29-73(55-66)97(91-38-19-39-92-94(91)86-52-43-64-25-8-12-34-80(64)96(86)99-92)72-46-40-65(41-47-72)87-59-71-54-67(44-49-77(71)81-35-13-14-36-82(81)87)68-45-50-83-76-31-10-9-26-70(76)58-88(89(83)57-68)69-28-18-30-74(56-69)98(90-37-16-15-32-78(90)62-22-5-2-6-23-62)75-48-53-84-85-51-42-63-24-7-11-33-79(63)95(85)100-93(84)60-75/h1-60H. The number of anilines is 6. The van der Waals surface area contributed by atoms with E-state index >= 15 is 0 Å². The van der Waals surface area contributed by atoms with Crippen LogP contribution >= 0.6 is 0 Å². The third-order valence-electron chi connectivity index (χ3n) is 20.6. The number of para-hydroxylation sites is 1. The van der Waals surface area contributed by atoms with Crippen molar-refractivity contribution in [2.75, 3.05) is 9.80 Å². The third kappa shape index (κ3) is 9.45. The van der Waals surface area contributed by atoms with E-state index in [4.69, 9.17) is 8.83 Å². The number of nitrogens with zero attached hydrogens (tertiary/aromatic N) is 2. The minimum absolute atomic E-state index is 0.843. The fourth-order valence-electron chi connectivity index (χ4n) is 15.8. The first kappa shape index (κ1) is 57.0. The first-order valence-corrected chi connectivity index (χ1v) is 34.3. The van der Waals surface area contributed by atoms with Crippen LogP contribution < -0.4 is 9.80 Å². The lowest BCUT2D eigenvalue weighted by Crippen LogP contribution is -2.11. The highest BCUT2D eigenvalue weighted by Gasteiger charge is 2.24. The van der Waals surface area contributed by atoms with Gasteiger partial charge in [0.15, 0.2) is 0 Å². The van der Waals surface area contributed by atoms with Crippen LogP contribution in [0.5, 0.6) is 0 Å². The lowest BCUT2D eigenvalue weighted by molar-refractivity contribution is 0.672. The van der Waals surface area contributed by atoms with E-state index in [2.05, 4.69) is 374 Å². The van der Waals surface area contributed by atoms with E-state index in [0.29, 0.717) is 0 Å². The molecule has 0 aliphatic rings. The molecule has 0 aliphatic carbocycles. The summed E-state index contributed by atoms with van der Waals surface area (Å²) in [6.45, 7) is 0. The minimum Gasteiger partial charge on any atom is -0.455 e. The van der Waals surface area contributed by atoms with Gasteiger partial charge in [-0.2, -0.15) is 0 Å². The van der Waals surface area contributed by atoms with Crippen molar-refractivity contribution in [2.45, 2.75) is 0 Å². The summed E-state index contributed by atoms with van der Waals surface area (Å²) in [5, 5.41) is 18.5. The molecule has 4 nitrogen and oxygen atoms in total. The summed E-state index contributed by atoms with van der Waals surface area (Å²) in [7, 11) is 0. The Bertz CT molecular complexity index is 6660. The van der Waals surface area contributed by atoms with E-state index < -0.39 is 0 Å². The Balaban J connectivity index is 0.708. The molecular formula is C96H60N2O2. The summed E-state index contributed by atoms with van der Waals surface area (Å²) >= 11 is 0. The van der Waals surface area contributed by atoms with Gasteiger partial charge in [0.1, 0.15) is 22.3 Å². The first-order valence-electron chi connectivity index (χ1n) is 34.3. The minimum atomic E-state index is 0.843. The molecule has 2 aromatic heterocycles. The van der Waals surface area contributed by atoms with E-state index in [1.807, 2.05) is 0 Å². The van der Waals surface area contributed by atoms with Gasteiger partial charge in [-0.3, -0.25) is 0 Å². The second kappa shape index (κ2) is 23.2. The van der Waals surface area contributed by atoms with Gasteiger partial charge in [0.2, 0.25) is 0 Å². The fourth-order valence-corrected chi connectivity index (χ4v) is 15.8. The van der Waals surface area contributed by atoms with Crippen molar-refractivity contribution >= 4 is 143 Å². The largest absolute Gasteiger partial charge is 0.455 e. The average molecular weight is 1270 g/mol. The molecule has 100 heavy (non-hydrogen) atoms. The van der Waals surface area contributed by atoms with E-state index in [1.54, 1.807) is 0 Å². The van der Waals surface area contributed by atoms with Crippen LogP contribution in [-0.4, -0.2) is 0 Å². The first-order chi connectivity index (χ1) is 49.6. The van der Waals surface area contributed by atoms with E-state index in [0.717, 1.165) is 144 Å². The van der Waals surface area contributed by atoms with Crippen LogP contribution in [0.15, 0.2) is 373 Å². The van der Waals surface area contributed by atoms with Crippen LogP contribution in [0.3, 0.4) is 0 Å². The summed E-state index contributed by atoms with van der Waals surface area (Å²) in [6, 6.07) is 133. The van der Waals surface area contributed by atoms with Crippen LogP contribution in [0.4, 0.5) is 34.1 Å². The van der Waals surface area contributed by atoms with Gasteiger partial charge in [-0.1, -0.05) is 255 Å². The fraction of sp³-hybridized carbons (Fsp3) is 0. The molecule has 0 unspecified atom stereocenters. The van der Waals surface area contributed by atoms with E-state index in [1.165, 1.54) is 54.2 Å². The molecule has 20 rings (SSSR count). The molecule has 0 bridgehead atoms. The van der Waals surface area contributed by atoms with Crippen molar-refractivity contribution in [2.24, 2.45) is 0 Å². The molecule has 0 N–H and O–H groups in total. The molecule has 18 aromatic carbocycles. The Labute approximate surface area is 577 Å². The maximum Gasteiger partial charge on any atom is 0.143 e. The quantitative estimate of drug-likeness (QED) is 0.121. The van der Waals surface area contributed by atoms with Gasteiger partial charge in [0.05, 0.1) is 16.8 Å². The summed E-state index contributed by atoms with van der Waals surface area (Å²) in [5.41, 5.74) is 21.2. The number of benzene rings is 18. The molecule has 0 atom stereocenters. The molecule has 0 saturated carbocycles. The number of rotatable bonds is 11. The van der Waals surface area contributed by atoms with E-state index in [-0.39, 0.29) is 0 Å². The monoisotopic (exact) mass is 1270 g/mol. The zero-order valence-electron chi connectivity index (χ0n) is 54.4. The molecule has 4 heteroatoms. The Hall–Kier alpha value is -13.3. The molecule has 0 saturated heterocycles. The second-order valence-electron chi connectivity index (χ2n) is 26.2. The van der Waals surface area contributed by atoms with Gasteiger partial charge in [-0.25, -0.2) is 0 Å². The van der Waals surface area contributed by atoms with Gasteiger partial charge < -0.3 is 18.6 Å². The Morgan fingerprint density at radius 3 is 1.41 bits per heavy atom. The molecule has 20 aromatic rings. The molecule has 2 heterocycles. The van der Waals surface area contributed by atoms with Crippen LogP contribution in [0.2, 0.25) is 0 Å². The molecular weight excluding hydrogens is 1210 g/mol. The zero-order chi connectivity index (χ0) is 65.8. The highest BCUT2D eigenvalue weighted by atomic mass is 16.3. The van der Waals surface area contributed by atoms with Gasteiger partial charge in [-0.15, -0.1) is 0 Å². The number of hydrogen-bond acceptors (Lipinski definition) is 4. The summed E-state index contributed by atoms with van der Waals surface area (Å²) < 4.78 is 13.7. The summed E-state index contributed by atoms with van der Waals surface area (Å²) in [6.07, 6.45) is 0. The van der Waals surface area contributed by atoms with Crippen molar-refractivity contribution in [3.63, 3.8) is 0 Å². The Kier molecular flexibility index (Phi) is 13.2. The van der Waals surface area contributed by atoms with Crippen molar-refractivity contribution in [3.8, 4) is 55.6 Å². The molecule has 0 aliphatic heterocycles. The summed E-state index contributed by atoms with van der Waals surface area (Å²) in [4.78, 5) is 4.80. The van der Waals surface area contributed by atoms with Crippen LogP contribution in [0, 0.1) is 0 Å². The van der Waals surface area contributed by atoms with Crippen molar-refractivity contribution in [1.82, 2.24) is 0 Å². The number of fused-ring (bicyclic) bond motifs is 16. The topological polar surface area (TPSA) is 32.8 Å². The zero-order valence-corrected chi connectivity index (χ0v) is 54.4. The summed E-state index contributed by atoms with van der Waals surface area (Å²) in [5.74, 6) is 0. The van der Waals surface area contributed by atoms with Crippen LogP contribution in [0.25, 0.3) is 164 Å². The van der Waals surface area contributed by atoms with Crippen molar-refractivity contribution < 1.29 is 8.83 Å². The van der Waals surface area contributed by atoms with Gasteiger partial charge in [0.25, 0.3) is 0 Å². The molecule has 0 amide bonds. The molecule has 0 radical (unpaired) electrons.